The Morgan fingerprint density at radius 3 is 2.68 bits per heavy atom. The Kier molecular flexibility index (Phi) is 10.2. The Balaban J connectivity index is 0.934. The van der Waals surface area contributed by atoms with Crippen molar-refractivity contribution in [1.29, 1.82) is 0 Å². The van der Waals surface area contributed by atoms with Gasteiger partial charge in [0.25, 0.3) is 11.5 Å². The van der Waals surface area contributed by atoms with Crippen LogP contribution in [0.2, 0.25) is 0 Å². The molecule has 2 aromatic heterocycles. The lowest BCUT2D eigenvalue weighted by Crippen LogP contribution is -2.46. The van der Waals surface area contributed by atoms with Crippen LogP contribution in [0.3, 0.4) is 0 Å². The molecule has 1 saturated heterocycles. The molecule has 1 saturated carbocycles. The van der Waals surface area contributed by atoms with Gasteiger partial charge in [-0.3, -0.25) is 19.4 Å². The topological polar surface area (TPSA) is 202 Å². The predicted molar refractivity (Wildman–Crippen MR) is 189 cm³/mol. The molecular weight excluding hydrogens is 640 g/mol. The summed E-state index contributed by atoms with van der Waals surface area (Å²) in [4.78, 5) is 54.6. The number of ether oxygens (including phenoxy) is 2. The average molecular weight is 683 g/mol. The highest BCUT2D eigenvalue weighted by Crippen LogP contribution is 2.49. The smallest absolute Gasteiger partial charge is 0.280 e. The molecule has 15 heteroatoms. The van der Waals surface area contributed by atoms with Crippen LogP contribution in [-0.2, 0) is 16.8 Å². The van der Waals surface area contributed by atoms with E-state index >= 15 is 0 Å². The second kappa shape index (κ2) is 14.9. The molecule has 6 N–H and O–H groups in total. The van der Waals surface area contributed by atoms with Crippen LogP contribution in [0, 0.1) is 0 Å². The van der Waals surface area contributed by atoms with Crippen LogP contribution in [0.5, 0.6) is 11.5 Å². The first-order chi connectivity index (χ1) is 24.2. The van der Waals surface area contributed by atoms with Crippen LogP contribution in [-0.4, -0.2) is 82.8 Å². The molecule has 1 aliphatic heterocycles. The number of likely N-dealkylation sites (tertiary alicyclic amines) is 1. The van der Waals surface area contributed by atoms with Gasteiger partial charge in [-0.25, -0.2) is 15.4 Å². The predicted octanol–water partition coefficient (Wildman–Crippen LogP) is 2.73. The summed E-state index contributed by atoms with van der Waals surface area (Å²) in [6.07, 6.45) is 5.81. The van der Waals surface area contributed by atoms with Gasteiger partial charge < -0.3 is 30.7 Å². The van der Waals surface area contributed by atoms with Gasteiger partial charge in [-0.05, 0) is 81.2 Å². The fourth-order valence-corrected chi connectivity index (χ4v) is 6.92. The second-order valence-electron chi connectivity index (χ2n) is 12.7. The van der Waals surface area contributed by atoms with Crippen LogP contribution < -0.4 is 36.8 Å². The molecule has 2 aromatic carbocycles. The zero-order valence-electron chi connectivity index (χ0n) is 28.4. The molecule has 15 nitrogen and oxygen atoms in total. The van der Waals surface area contributed by atoms with Crippen molar-refractivity contribution in [1.82, 2.24) is 35.6 Å². The number of benzene rings is 2. The highest BCUT2D eigenvalue weighted by Gasteiger charge is 2.50. The molecule has 262 valence electrons. The first-order valence-electron chi connectivity index (χ1n) is 16.6. The maximum Gasteiger partial charge on any atom is 0.280 e. The molecule has 2 fully saturated rings. The van der Waals surface area contributed by atoms with Crippen molar-refractivity contribution in [3.05, 3.63) is 75.8 Å². The molecule has 1 aliphatic carbocycles. The summed E-state index contributed by atoms with van der Waals surface area (Å²) in [7, 11) is 5.45. The minimum Gasteiger partial charge on any atom is -0.493 e. The number of nitrogens with one attached hydrogen (secondary N) is 4. The number of anilines is 2. The van der Waals surface area contributed by atoms with E-state index in [4.69, 9.17) is 15.2 Å². The Morgan fingerprint density at radius 1 is 1.10 bits per heavy atom. The highest BCUT2D eigenvalue weighted by atomic mass is 16.5. The number of carbonyl (C=O) groups is 2. The molecule has 4 aromatic rings. The number of hydrogen-bond donors (Lipinski definition) is 5. The number of hydrogen-bond acceptors (Lipinski definition) is 12. The number of carbonyl (C=O) groups excluding carboxylic acids is 2. The van der Waals surface area contributed by atoms with Gasteiger partial charge in [-0.2, -0.15) is 10.1 Å². The Hall–Kier alpha value is -5.57. The third-order valence-corrected chi connectivity index (χ3v) is 9.64. The number of amides is 2. The summed E-state index contributed by atoms with van der Waals surface area (Å²) >= 11 is 0. The maximum atomic E-state index is 12.7. The fraction of sp³-hybridized carbons (Fsp3) is 0.400. The lowest BCUT2D eigenvalue weighted by Gasteiger charge is -2.42. The van der Waals surface area contributed by atoms with Crippen molar-refractivity contribution in [2.24, 2.45) is 5.10 Å². The summed E-state index contributed by atoms with van der Waals surface area (Å²) in [5, 5.41) is 10.6. The monoisotopic (exact) mass is 682 g/mol. The molecule has 0 radical (unpaired) electrons. The van der Waals surface area contributed by atoms with E-state index < -0.39 is 5.56 Å². The second-order valence-corrected chi connectivity index (χ2v) is 12.7. The summed E-state index contributed by atoms with van der Waals surface area (Å²) in [5.74, 6) is 1.02. The standard InChI is InChI=1S/C35H42N10O5/c1-45-16-14-35(22-8-11-26(49-2)27(17-22)50-3)13-12-24(18-28(35)45)43-44-29(46)5-4-15-37-32(47)21-6-9-23(10-7-21)38-19-25-20-39-31-30(40-25)33(48)42-34(36)41-31/h6-11,17,20,28,38H,4-5,12-16,18-19H2,1-3H3,(H,37,47)(H,44,46)(H3,36,39,41,42,48)/b43-24+/t28?,35-/m0/s1. The van der Waals surface area contributed by atoms with Gasteiger partial charge in [0.2, 0.25) is 11.9 Å². The Bertz CT molecular complexity index is 1960. The van der Waals surface area contributed by atoms with Gasteiger partial charge in [0.1, 0.15) is 0 Å². The number of rotatable bonds is 12. The Labute approximate surface area is 289 Å². The normalized spacial score (nSPS) is 19.6. The largest absolute Gasteiger partial charge is 0.493 e. The van der Waals surface area contributed by atoms with Crippen LogP contribution in [0.25, 0.3) is 11.2 Å². The van der Waals surface area contributed by atoms with Crippen molar-refractivity contribution in [2.45, 2.75) is 56.5 Å². The van der Waals surface area contributed by atoms with Gasteiger partial charge in [0.05, 0.1) is 32.7 Å². The van der Waals surface area contributed by atoms with E-state index in [1.165, 1.54) is 11.8 Å². The zero-order valence-corrected chi connectivity index (χ0v) is 28.4. The summed E-state index contributed by atoms with van der Waals surface area (Å²) in [6.45, 7) is 1.65. The van der Waals surface area contributed by atoms with E-state index in [9.17, 15) is 14.4 Å². The zero-order chi connectivity index (χ0) is 35.3. The number of hydrazone groups is 1. The van der Waals surface area contributed by atoms with Crippen LogP contribution >= 0.6 is 0 Å². The minimum absolute atomic E-state index is 0.00350. The first-order valence-corrected chi connectivity index (χ1v) is 16.6. The van der Waals surface area contributed by atoms with Crippen molar-refractivity contribution < 1.29 is 19.1 Å². The molecule has 6 rings (SSSR count). The van der Waals surface area contributed by atoms with E-state index in [2.05, 4.69) is 65.2 Å². The number of nitrogens with two attached hydrogens (primary N) is 1. The van der Waals surface area contributed by atoms with E-state index in [1.807, 2.05) is 6.07 Å². The molecule has 50 heavy (non-hydrogen) atoms. The van der Waals surface area contributed by atoms with E-state index in [1.54, 1.807) is 38.5 Å². The summed E-state index contributed by atoms with van der Waals surface area (Å²) in [6, 6.07) is 13.5. The lowest BCUT2D eigenvalue weighted by atomic mass is 9.65. The molecule has 2 atom stereocenters. The number of fused-ring (bicyclic) bond motifs is 2. The number of aromatic amines is 1. The molecule has 2 amide bonds. The van der Waals surface area contributed by atoms with Crippen LogP contribution in [0.4, 0.5) is 11.6 Å². The van der Waals surface area contributed by atoms with Gasteiger partial charge >= 0.3 is 0 Å². The molecule has 3 heterocycles. The van der Waals surface area contributed by atoms with Crippen molar-refractivity contribution in [3.63, 3.8) is 0 Å². The minimum atomic E-state index is -0.455. The highest BCUT2D eigenvalue weighted by molar-refractivity contribution is 5.94. The lowest BCUT2D eigenvalue weighted by molar-refractivity contribution is -0.121. The van der Waals surface area contributed by atoms with Gasteiger partial charge in [-0.15, -0.1) is 0 Å². The Morgan fingerprint density at radius 2 is 1.90 bits per heavy atom. The number of nitrogens with zero attached hydrogens (tertiary/aromatic N) is 5. The van der Waals surface area contributed by atoms with Gasteiger partial charge in [-0.1, -0.05) is 6.07 Å². The molecule has 1 unspecified atom stereocenters. The quantitative estimate of drug-likeness (QED) is 0.109. The third-order valence-electron chi connectivity index (χ3n) is 9.64. The van der Waals surface area contributed by atoms with E-state index in [-0.39, 0.29) is 46.8 Å². The average Bonchev–Trinajstić information content (AvgIpc) is 3.47. The van der Waals surface area contributed by atoms with Gasteiger partial charge in [0.15, 0.2) is 22.7 Å². The third kappa shape index (κ3) is 7.37. The number of H-pyrrole nitrogens is 1. The maximum absolute atomic E-state index is 12.7. The first kappa shape index (κ1) is 34.3. The molecular formula is C35H42N10O5. The summed E-state index contributed by atoms with van der Waals surface area (Å²) < 4.78 is 11.0. The number of aromatic nitrogens is 4. The summed E-state index contributed by atoms with van der Waals surface area (Å²) in [5.41, 5.74) is 12.1. The number of methoxy groups -OCH3 is 2. The molecule has 2 aliphatic rings. The van der Waals surface area contributed by atoms with E-state index in [0.717, 1.165) is 55.1 Å². The van der Waals surface area contributed by atoms with Gasteiger partial charge in [0, 0.05) is 47.8 Å². The fourth-order valence-electron chi connectivity index (χ4n) is 6.92. The van der Waals surface area contributed by atoms with Crippen molar-refractivity contribution >= 4 is 40.3 Å². The van der Waals surface area contributed by atoms with Crippen LogP contribution in [0.15, 0.2) is 58.6 Å². The van der Waals surface area contributed by atoms with Crippen molar-refractivity contribution in [2.75, 3.05) is 45.4 Å². The number of likely N-dealkylation sites (N-methyl/N-ethyl adjacent to an activating group) is 1. The number of nitrogen functional groups attached to an aromatic ring is 1. The SMILES string of the molecule is COc1ccc([C@@]23CC/C(=N\NC(=O)CCCNC(=O)c4ccc(NCc5cnc6nc(N)[nH]c(=O)c6n5)cc4)CC2N(C)CC3)cc1OC. The van der Waals surface area contributed by atoms with Crippen LogP contribution in [0.1, 0.15) is 60.1 Å². The molecule has 0 bridgehead atoms. The van der Waals surface area contributed by atoms with Crippen molar-refractivity contribution in [3.8, 4) is 11.5 Å². The molecule has 0 spiro atoms. The van der Waals surface area contributed by atoms with E-state index in [0.29, 0.717) is 30.8 Å².